The SMILES string of the molecule is CC(=O)c1ccc(C2=C(Cl)C(Cl)=C(C(C)C)CC2)cc1. The lowest BCUT2D eigenvalue weighted by Crippen LogP contribution is -2.05. The predicted octanol–water partition coefficient (Wildman–Crippen LogP) is 5.78. The van der Waals surface area contributed by atoms with Crippen molar-refractivity contribution in [2.75, 3.05) is 0 Å². The van der Waals surface area contributed by atoms with E-state index < -0.39 is 0 Å². The van der Waals surface area contributed by atoms with Gasteiger partial charge in [0.2, 0.25) is 0 Å². The van der Waals surface area contributed by atoms with Gasteiger partial charge in [0, 0.05) is 5.56 Å². The molecule has 0 aromatic heterocycles. The van der Waals surface area contributed by atoms with E-state index in [9.17, 15) is 4.79 Å². The third kappa shape index (κ3) is 2.99. The summed E-state index contributed by atoms with van der Waals surface area (Å²) in [6, 6.07) is 7.56. The van der Waals surface area contributed by atoms with Crippen LogP contribution in [0.1, 0.15) is 49.5 Å². The quantitative estimate of drug-likeness (QED) is 0.647. The normalized spacial score (nSPS) is 16.1. The van der Waals surface area contributed by atoms with Crippen LogP contribution in [0.2, 0.25) is 0 Å². The number of carbonyl (C=O) groups excluding carboxylic acids is 1. The zero-order valence-electron chi connectivity index (χ0n) is 12.0. The maximum absolute atomic E-state index is 11.3. The van der Waals surface area contributed by atoms with E-state index in [4.69, 9.17) is 23.2 Å². The highest BCUT2D eigenvalue weighted by molar-refractivity contribution is 6.46. The Kier molecular flexibility index (Phi) is 4.72. The zero-order valence-corrected chi connectivity index (χ0v) is 13.5. The molecule has 1 aromatic carbocycles. The van der Waals surface area contributed by atoms with Crippen LogP contribution in [-0.2, 0) is 0 Å². The lowest BCUT2D eigenvalue weighted by Gasteiger charge is -2.22. The fourth-order valence-electron chi connectivity index (χ4n) is 2.47. The molecule has 0 amide bonds. The summed E-state index contributed by atoms with van der Waals surface area (Å²) in [6.45, 7) is 5.83. The molecule has 20 heavy (non-hydrogen) atoms. The zero-order chi connectivity index (χ0) is 14.9. The molecular formula is C17H18Cl2O. The van der Waals surface area contributed by atoms with Crippen molar-refractivity contribution in [1.82, 2.24) is 0 Å². The number of carbonyl (C=O) groups is 1. The topological polar surface area (TPSA) is 17.1 Å². The van der Waals surface area contributed by atoms with Crippen LogP contribution in [-0.4, -0.2) is 5.78 Å². The lowest BCUT2D eigenvalue weighted by atomic mass is 9.88. The molecule has 0 fully saturated rings. The molecule has 0 heterocycles. The Labute approximate surface area is 130 Å². The van der Waals surface area contributed by atoms with E-state index in [1.165, 1.54) is 5.57 Å². The summed E-state index contributed by atoms with van der Waals surface area (Å²) in [5.41, 5.74) is 4.05. The van der Waals surface area contributed by atoms with Crippen LogP contribution in [0.3, 0.4) is 0 Å². The highest BCUT2D eigenvalue weighted by atomic mass is 35.5. The van der Waals surface area contributed by atoms with Crippen LogP contribution in [0.5, 0.6) is 0 Å². The van der Waals surface area contributed by atoms with E-state index >= 15 is 0 Å². The molecule has 1 aliphatic rings. The van der Waals surface area contributed by atoms with Crippen molar-refractivity contribution in [3.05, 3.63) is 51.0 Å². The van der Waals surface area contributed by atoms with Gasteiger partial charge in [0.1, 0.15) is 0 Å². The first kappa shape index (κ1) is 15.3. The van der Waals surface area contributed by atoms with Gasteiger partial charge < -0.3 is 0 Å². The highest BCUT2D eigenvalue weighted by Crippen LogP contribution is 2.42. The lowest BCUT2D eigenvalue weighted by molar-refractivity contribution is 0.101. The number of benzene rings is 1. The Morgan fingerprint density at radius 2 is 1.65 bits per heavy atom. The molecule has 0 saturated carbocycles. The van der Waals surface area contributed by atoms with Crippen molar-refractivity contribution in [1.29, 1.82) is 0 Å². The van der Waals surface area contributed by atoms with Gasteiger partial charge in [-0.05, 0) is 42.4 Å². The van der Waals surface area contributed by atoms with Gasteiger partial charge in [0.05, 0.1) is 10.1 Å². The fourth-order valence-corrected chi connectivity index (χ4v) is 3.22. The minimum atomic E-state index is 0.0697. The van der Waals surface area contributed by atoms with E-state index in [0.717, 1.165) is 24.0 Å². The predicted molar refractivity (Wildman–Crippen MR) is 86.2 cm³/mol. The Balaban J connectivity index is 2.40. The molecule has 0 saturated heterocycles. The first-order valence-electron chi connectivity index (χ1n) is 6.80. The molecule has 2 rings (SSSR count). The molecule has 0 spiro atoms. The maximum Gasteiger partial charge on any atom is 0.159 e. The van der Waals surface area contributed by atoms with E-state index in [2.05, 4.69) is 13.8 Å². The van der Waals surface area contributed by atoms with Gasteiger partial charge in [-0.25, -0.2) is 0 Å². The van der Waals surface area contributed by atoms with Gasteiger partial charge in [-0.15, -0.1) is 0 Å². The Morgan fingerprint density at radius 3 is 2.15 bits per heavy atom. The first-order chi connectivity index (χ1) is 9.41. The number of rotatable bonds is 3. The fraction of sp³-hybridized carbons (Fsp3) is 0.353. The average molecular weight is 309 g/mol. The molecule has 0 atom stereocenters. The minimum Gasteiger partial charge on any atom is -0.295 e. The number of hydrogen-bond acceptors (Lipinski definition) is 1. The van der Waals surface area contributed by atoms with Gasteiger partial charge in [0.15, 0.2) is 5.78 Å². The number of ketones is 1. The number of halogens is 2. The van der Waals surface area contributed by atoms with Crippen molar-refractivity contribution in [2.45, 2.75) is 33.6 Å². The molecule has 1 aromatic rings. The molecule has 0 unspecified atom stereocenters. The van der Waals surface area contributed by atoms with Gasteiger partial charge in [-0.2, -0.15) is 0 Å². The smallest absolute Gasteiger partial charge is 0.159 e. The molecule has 3 heteroatoms. The van der Waals surface area contributed by atoms with Crippen molar-refractivity contribution in [3.63, 3.8) is 0 Å². The van der Waals surface area contributed by atoms with Gasteiger partial charge >= 0.3 is 0 Å². The summed E-state index contributed by atoms with van der Waals surface area (Å²) in [5.74, 6) is 0.484. The summed E-state index contributed by atoms with van der Waals surface area (Å²) in [7, 11) is 0. The molecular weight excluding hydrogens is 291 g/mol. The molecule has 0 aliphatic heterocycles. The third-order valence-electron chi connectivity index (χ3n) is 3.72. The van der Waals surface area contributed by atoms with E-state index in [0.29, 0.717) is 21.5 Å². The molecule has 106 valence electrons. The third-order valence-corrected chi connectivity index (χ3v) is 4.67. The molecule has 0 radical (unpaired) electrons. The van der Waals surface area contributed by atoms with Crippen molar-refractivity contribution in [3.8, 4) is 0 Å². The average Bonchev–Trinajstić information content (AvgIpc) is 2.41. The summed E-state index contributed by atoms with van der Waals surface area (Å²) < 4.78 is 0. The van der Waals surface area contributed by atoms with E-state index in [1.54, 1.807) is 6.92 Å². The second-order valence-corrected chi connectivity index (χ2v) is 6.18. The number of hydrogen-bond donors (Lipinski definition) is 0. The number of Topliss-reactive ketones (excluding diaryl/α,β-unsaturated/α-hetero) is 1. The molecule has 1 aliphatic carbocycles. The van der Waals surface area contributed by atoms with Crippen molar-refractivity contribution in [2.24, 2.45) is 5.92 Å². The van der Waals surface area contributed by atoms with Gasteiger partial charge in [-0.3, -0.25) is 4.79 Å². The summed E-state index contributed by atoms with van der Waals surface area (Å²) in [4.78, 5) is 11.3. The Morgan fingerprint density at radius 1 is 1.05 bits per heavy atom. The summed E-state index contributed by atoms with van der Waals surface area (Å²) >= 11 is 12.8. The molecule has 0 N–H and O–H groups in total. The molecule has 0 bridgehead atoms. The molecule has 1 nitrogen and oxygen atoms in total. The highest BCUT2D eigenvalue weighted by Gasteiger charge is 2.21. The van der Waals surface area contributed by atoms with Crippen LogP contribution < -0.4 is 0 Å². The number of allylic oxidation sites excluding steroid dienone is 4. The van der Waals surface area contributed by atoms with Crippen LogP contribution in [0.25, 0.3) is 5.57 Å². The minimum absolute atomic E-state index is 0.0697. The van der Waals surface area contributed by atoms with Gasteiger partial charge in [0.25, 0.3) is 0 Å². The second kappa shape index (κ2) is 6.15. The van der Waals surface area contributed by atoms with Crippen molar-refractivity contribution < 1.29 is 4.79 Å². The van der Waals surface area contributed by atoms with Gasteiger partial charge in [-0.1, -0.05) is 61.3 Å². The van der Waals surface area contributed by atoms with Crippen molar-refractivity contribution >= 4 is 34.6 Å². The standard InChI is InChI=1S/C17H18Cl2O/c1-10(2)14-8-9-15(17(19)16(14)18)13-6-4-12(5-7-13)11(3)20/h4-7,10H,8-9H2,1-3H3. The largest absolute Gasteiger partial charge is 0.295 e. The van der Waals surface area contributed by atoms with Crippen LogP contribution in [0.4, 0.5) is 0 Å². The van der Waals surface area contributed by atoms with Crippen LogP contribution in [0.15, 0.2) is 39.9 Å². The van der Waals surface area contributed by atoms with Crippen LogP contribution >= 0.6 is 23.2 Å². The maximum atomic E-state index is 11.3. The summed E-state index contributed by atoms with van der Waals surface area (Å²) in [6.07, 6.45) is 1.83. The first-order valence-corrected chi connectivity index (χ1v) is 7.56. The Bertz CT molecular complexity index is 592. The van der Waals surface area contributed by atoms with E-state index in [-0.39, 0.29) is 5.78 Å². The summed E-state index contributed by atoms with van der Waals surface area (Å²) in [5, 5.41) is 1.34. The monoisotopic (exact) mass is 308 g/mol. The van der Waals surface area contributed by atoms with Crippen LogP contribution in [0, 0.1) is 5.92 Å². The van der Waals surface area contributed by atoms with E-state index in [1.807, 2.05) is 24.3 Å². The second-order valence-electron chi connectivity index (χ2n) is 5.42. The Hall–Kier alpha value is -1.05.